The van der Waals surface area contributed by atoms with E-state index < -0.39 is 0 Å². The van der Waals surface area contributed by atoms with Crippen molar-refractivity contribution < 1.29 is 9.47 Å². The van der Waals surface area contributed by atoms with Gasteiger partial charge in [-0.2, -0.15) is 0 Å². The highest BCUT2D eigenvalue weighted by atomic mass is 79.9. The Morgan fingerprint density at radius 1 is 1.33 bits per heavy atom. The maximum Gasteiger partial charge on any atom is 0.175 e. The molecule has 0 unspecified atom stereocenters. The average molecular weight is 273 g/mol. The largest absolute Gasteiger partial charge is 0.493 e. The summed E-state index contributed by atoms with van der Waals surface area (Å²) in [6, 6.07) is 4.11. The maximum atomic E-state index is 5.52. The second kappa shape index (κ2) is 5.40. The molecule has 1 aromatic rings. The van der Waals surface area contributed by atoms with Crippen LogP contribution in [0.3, 0.4) is 0 Å². The molecule has 0 aliphatic carbocycles. The number of hydrogen-bond donors (Lipinski definition) is 0. The molecule has 0 bridgehead atoms. The van der Waals surface area contributed by atoms with Crippen molar-refractivity contribution in [2.75, 3.05) is 13.7 Å². The summed E-state index contributed by atoms with van der Waals surface area (Å²) in [5, 5.41) is 0. The second-order valence-electron chi connectivity index (χ2n) is 3.62. The molecule has 1 aromatic carbocycles. The van der Waals surface area contributed by atoms with Crippen LogP contribution < -0.4 is 9.47 Å². The van der Waals surface area contributed by atoms with Crippen LogP contribution in [0.4, 0.5) is 0 Å². The molecular formula is C12H17BrO2. The van der Waals surface area contributed by atoms with Crippen LogP contribution in [0.25, 0.3) is 0 Å². The van der Waals surface area contributed by atoms with Crippen molar-refractivity contribution in [2.45, 2.75) is 26.7 Å². The quantitative estimate of drug-likeness (QED) is 0.826. The molecule has 3 heteroatoms. The Balaban J connectivity index is 3.18. The highest BCUT2D eigenvalue weighted by Gasteiger charge is 2.12. The van der Waals surface area contributed by atoms with Gasteiger partial charge in [0.15, 0.2) is 11.5 Å². The van der Waals surface area contributed by atoms with Gasteiger partial charge in [-0.15, -0.1) is 0 Å². The third-order valence-corrected chi connectivity index (χ3v) is 2.80. The van der Waals surface area contributed by atoms with Crippen LogP contribution in [0.2, 0.25) is 0 Å². The summed E-state index contributed by atoms with van der Waals surface area (Å²) in [5.41, 5.74) is 1.24. The standard InChI is InChI=1S/C12H17BrO2/c1-5-15-12-10(13)6-9(8(2)3)7-11(12)14-4/h6-8H,5H2,1-4H3. The first kappa shape index (κ1) is 12.4. The van der Waals surface area contributed by atoms with Gasteiger partial charge in [-0.3, -0.25) is 0 Å². The lowest BCUT2D eigenvalue weighted by Crippen LogP contribution is -1.98. The first-order chi connectivity index (χ1) is 7.10. The zero-order chi connectivity index (χ0) is 11.4. The van der Waals surface area contributed by atoms with E-state index in [-0.39, 0.29) is 0 Å². The molecule has 0 spiro atoms. The van der Waals surface area contributed by atoms with Gasteiger partial charge in [0.1, 0.15) is 0 Å². The molecule has 0 N–H and O–H groups in total. The predicted octanol–water partition coefficient (Wildman–Crippen LogP) is 3.98. The zero-order valence-electron chi connectivity index (χ0n) is 9.63. The van der Waals surface area contributed by atoms with E-state index in [2.05, 4.69) is 35.8 Å². The van der Waals surface area contributed by atoms with Crippen molar-refractivity contribution in [2.24, 2.45) is 0 Å². The van der Waals surface area contributed by atoms with Crippen molar-refractivity contribution >= 4 is 15.9 Å². The van der Waals surface area contributed by atoms with Gasteiger partial charge >= 0.3 is 0 Å². The van der Waals surface area contributed by atoms with Gasteiger partial charge in [0.2, 0.25) is 0 Å². The van der Waals surface area contributed by atoms with Gasteiger partial charge < -0.3 is 9.47 Å². The molecule has 0 atom stereocenters. The first-order valence-corrected chi connectivity index (χ1v) is 5.89. The third-order valence-electron chi connectivity index (χ3n) is 2.21. The summed E-state index contributed by atoms with van der Waals surface area (Å²) in [7, 11) is 1.66. The monoisotopic (exact) mass is 272 g/mol. The molecule has 0 aliphatic heterocycles. The van der Waals surface area contributed by atoms with Crippen LogP contribution in [0.5, 0.6) is 11.5 Å². The molecule has 0 amide bonds. The molecule has 0 aromatic heterocycles. The highest BCUT2D eigenvalue weighted by molar-refractivity contribution is 9.10. The molecule has 0 saturated heterocycles. The van der Waals surface area contributed by atoms with E-state index in [9.17, 15) is 0 Å². The lowest BCUT2D eigenvalue weighted by atomic mass is 10.0. The van der Waals surface area contributed by atoms with Crippen LogP contribution >= 0.6 is 15.9 Å². The number of benzene rings is 1. The molecule has 1 rings (SSSR count). The minimum Gasteiger partial charge on any atom is -0.493 e. The van der Waals surface area contributed by atoms with Gasteiger partial charge in [0.05, 0.1) is 18.2 Å². The summed E-state index contributed by atoms with van der Waals surface area (Å²) in [5.74, 6) is 2.05. The predicted molar refractivity (Wildman–Crippen MR) is 66.0 cm³/mol. The fraction of sp³-hybridized carbons (Fsp3) is 0.500. The molecule has 15 heavy (non-hydrogen) atoms. The maximum absolute atomic E-state index is 5.52. The van der Waals surface area contributed by atoms with Crippen molar-refractivity contribution in [1.29, 1.82) is 0 Å². The molecule has 0 saturated carbocycles. The van der Waals surface area contributed by atoms with Crippen molar-refractivity contribution in [3.05, 3.63) is 22.2 Å². The Labute approximate surface area is 99.7 Å². The minimum atomic E-state index is 0.478. The minimum absolute atomic E-state index is 0.478. The fourth-order valence-electron chi connectivity index (χ4n) is 1.36. The zero-order valence-corrected chi connectivity index (χ0v) is 11.2. The lowest BCUT2D eigenvalue weighted by molar-refractivity contribution is 0.308. The Hall–Kier alpha value is -0.700. The van der Waals surface area contributed by atoms with E-state index in [4.69, 9.17) is 9.47 Å². The topological polar surface area (TPSA) is 18.5 Å². The smallest absolute Gasteiger partial charge is 0.175 e. The van der Waals surface area contributed by atoms with Gasteiger partial charge in [-0.1, -0.05) is 13.8 Å². The lowest BCUT2D eigenvalue weighted by Gasteiger charge is -2.14. The Morgan fingerprint density at radius 3 is 2.47 bits per heavy atom. The van der Waals surface area contributed by atoms with E-state index in [1.807, 2.05) is 13.0 Å². The van der Waals surface area contributed by atoms with E-state index in [1.165, 1.54) is 5.56 Å². The highest BCUT2D eigenvalue weighted by Crippen LogP contribution is 2.38. The van der Waals surface area contributed by atoms with E-state index in [1.54, 1.807) is 7.11 Å². The molecule has 84 valence electrons. The molecule has 2 nitrogen and oxygen atoms in total. The number of ether oxygens (including phenoxy) is 2. The van der Waals surface area contributed by atoms with Crippen LogP contribution in [-0.4, -0.2) is 13.7 Å². The molecule has 0 radical (unpaired) electrons. The van der Waals surface area contributed by atoms with Crippen molar-refractivity contribution in [3.8, 4) is 11.5 Å². The second-order valence-corrected chi connectivity index (χ2v) is 4.48. The fourth-order valence-corrected chi connectivity index (χ4v) is 1.93. The normalized spacial score (nSPS) is 10.5. The summed E-state index contributed by atoms with van der Waals surface area (Å²) in [6.45, 7) is 6.90. The van der Waals surface area contributed by atoms with E-state index in [0.717, 1.165) is 16.0 Å². The number of hydrogen-bond acceptors (Lipinski definition) is 2. The number of rotatable bonds is 4. The molecule has 0 fully saturated rings. The van der Waals surface area contributed by atoms with Gasteiger partial charge in [-0.05, 0) is 46.5 Å². The number of methoxy groups -OCH3 is 1. The van der Waals surface area contributed by atoms with Crippen molar-refractivity contribution in [3.63, 3.8) is 0 Å². The van der Waals surface area contributed by atoms with Crippen LogP contribution in [0.1, 0.15) is 32.3 Å². The third kappa shape index (κ3) is 2.88. The van der Waals surface area contributed by atoms with Crippen LogP contribution in [-0.2, 0) is 0 Å². The average Bonchev–Trinajstić information content (AvgIpc) is 2.20. The Morgan fingerprint density at radius 2 is 2.00 bits per heavy atom. The first-order valence-electron chi connectivity index (χ1n) is 5.10. The van der Waals surface area contributed by atoms with Gasteiger partial charge in [0, 0.05) is 0 Å². The molecule has 0 aliphatic rings. The van der Waals surface area contributed by atoms with E-state index >= 15 is 0 Å². The Bertz CT molecular complexity index is 335. The summed E-state index contributed by atoms with van der Waals surface area (Å²) in [4.78, 5) is 0. The summed E-state index contributed by atoms with van der Waals surface area (Å²) < 4.78 is 11.8. The SMILES string of the molecule is CCOc1c(Br)cc(C(C)C)cc1OC. The molecule has 0 heterocycles. The van der Waals surface area contributed by atoms with Crippen LogP contribution in [0.15, 0.2) is 16.6 Å². The Kier molecular flexibility index (Phi) is 4.45. The van der Waals surface area contributed by atoms with Crippen molar-refractivity contribution in [1.82, 2.24) is 0 Å². The number of halogens is 1. The van der Waals surface area contributed by atoms with E-state index in [0.29, 0.717) is 12.5 Å². The van der Waals surface area contributed by atoms with Gasteiger partial charge in [-0.25, -0.2) is 0 Å². The van der Waals surface area contributed by atoms with Gasteiger partial charge in [0.25, 0.3) is 0 Å². The molecular weight excluding hydrogens is 256 g/mol. The summed E-state index contributed by atoms with van der Waals surface area (Å²) >= 11 is 3.50. The van der Waals surface area contributed by atoms with Crippen LogP contribution in [0, 0.1) is 0 Å². The summed E-state index contributed by atoms with van der Waals surface area (Å²) in [6.07, 6.45) is 0.